The average molecular weight is 328 g/mol. The lowest BCUT2D eigenvalue weighted by molar-refractivity contribution is -0.130. The molecular formula is C19H28N4O. The van der Waals surface area contributed by atoms with Gasteiger partial charge in [0.25, 0.3) is 0 Å². The molecule has 2 aromatic rings. The van der Waals surface area contributed by atoms with Crippen molar-refractivity contribution in [3.63, 3.8) is 0 Å². The number of nitrogens with one attached hydrogen (secondary N) is 1. The van der Waals surface area contributed by atoms with Crippen LogP contribution in [0.5, 0.6) is 0 Å². The number of aryl methyl sites for hydroxylation is 1. The molecule has 0 radical (unpaired) electrons. The van der Waals surface area contributed by atoms with E-state index in [1.807, 2.05) is 13.1 Å². The fourth-order valence-corrected chi connectivity index (χ4v) is 3.45. The van der Waals surface area contributed by atoms with Crippen molar-refractivity contribution in [3.05, 3.63) is 29.6 Å². The Bertz CT molecular complexity index is 702. The van der Waals surface area contributed by atoms with Crippen LogP contribution in [-0.2, 0) is 11.3 Å². The van der Waals surface area contributed by atoms with Gasteiger partial charge < -0.3 is 14.8 Å². The van der Waals surface area contributed by atoms with Gasteiger partial charge in [0.2, 0.25) is 5.91 Å². The second-order valence-electron chi connectivity index (χ2n) is 7.08. The summed E-state index contributed by atoms with van der Waals surface area (Å²) in [5.74, 6) is 1.04. The minimum atomic E-state index is 0.192. The van der Waals surface area contributed by atoms with Crippen molar-refractivity contribution >= 4 is 16.9 Å². The van der Waals surface area contributed by atoms with Gasteiger partial charge in [0.05, 0.1) is 17.6 Å². The van der Waals surface area contributed by atoms with Gasteiger partial charge in [0, 0.05) is 19.5 Å². The Balaban J connectivity index is 1.52. The molecule has 0 aliphatic carbocycles. The lowest BCUT2D eigenvalue weighted by atomic mass is 10.1. The number of likely N-dealkylation sites (tertiary alicyclic amines) is 1. The van der Waals surface area contributed by atoms with E-state index in [2.05, 4.69) is 40.8 Å². The van der Waals surface area contributed by atoms with Gasteiger partial charge in [0.1, 0.15) is 5.82 Å². The van der Waals surface area contributed by atoms with Crippen molar-refractivity contribution in [3.8, 4) is 0 Å². The Morgan fingerprint density at radius 1 is 1.38 bits per heavy atom. The number of fused-ring (bicyclic) bond motifs is 1. The SMILES string of the molecule is Cc1ccc2nc(CN(C)C(=O)CCC(C)N3CCCC3)[nH]c2c1. The first kappa shape index (κ1) is 17.0. The van der Waals surface area contributed by atoms with Crippen LogP contribution in [0.2, 0.25) is 0 Å². The van der Waals surface area contributed by atoms with Gasteiger partial charge in [-0.3, -0.25) is 4.79 Å². The maximum absolute atomic E-state index is 12.4. The Kier molecular flexibility index (Phi) is 5.19. The number of hydrogen-bond donors (Lipinski definition) is 1. The maximum atomic E-state index is 12.4. The first-order chi connectivity index (χ1) is 11.5. The van der Waals surface area contributed by atoms with Gasteiger partial charge in [-0.15, -0.1) is 0 Å². The molecular weight excluding hydrogens is 300 g/mol. The topological polar surface area (TPSA) is 52.2 Å². The van der Waals surface area contributed by atoms with E-state index in [0.29, 0.717) is 19.0 Å². The number of rotatable bonds is 6. The molecule has 1 aromatic heterocycles. The van der Waals surface area contributed by atoms with Gasteiger partial charge in [-0.25, -0.2) is 4.98 Å². The van der Waals surface area contributed by atoms with Crippen molar-refractivity contribution in [1.29, 1.82) is 0 Å². The molecule has 1 unspecified atom stereocenters. The van der Waals surface area contributed by atoms with E-state index >= 15 is 0 Å². The van der Waals surface area contributed by atoms with E-state index in [-0.39, 0.29) is 5.91 Å². The highest BCUT2D eigenvalue weighted by Gasteiger charge is 2.20. The summed E-state index contributed by atoms with van der Waals surface area (Å²) in [4.78, 5) is 24.6. The van der Waals surface area contributed by atoms with E-state index in [0.717, 1.165) is 23.3 Å². The molecule has 5 nitrogen and oxygen atoms in total. The Morgan fingerprint density at radius 3 is 2.88 bits per heavy atom. The molecule has 3 rings (SSSR count). The van der Waals surface area contributed by atoms with Gasteiger partial charge in [-0.05, 0) is 63.9 Å². The molecule has 1 N–H and O–H groups in total. The van der Waals surface area contributed by atoms with Crippen molar-refractivity contribution in [1.82, 2.24) is 19.8 Å². The first-order valence-electron chi connectivity index (χ1n) is 8.96. The van der Waals surface area contributed by atoms with Crippen molar-refractivity contribution in [2.45, 2.75) is 52.1 Å². The van der Waals surface area contributed by atoms with Crippen LogP contribution in [-0.4, -0.2) is 51.9 Å². The largest absolute Gasteiger partial charge is 0.340 e. The molecule has 0 saturated carbocycles. The predicted octanol–water partition coefficient (Wildman–Crippen LogP) is 3.09. The van der Waals surface area contributed by atoms with Crippen LogP contribution < -0.4 is 0 Å². The number of hydrogen-bond acceptors (Lipinski definition) is 3. The Hall–Kier alpha value is -1.88. The minimum Gasteiger partial charge on any atom is -0.340 e. The molecule has 1 amide bonds. The van der Waals surface area contributed by atoms with Crippen molar-refractivity contribution in [2.24, 2.45) is 0 Å². The van der Waals surface area contributed by atoms with Gasteiger partial charge in [-0.2, -0.15) is 0 Å². The monoisotopic (exact) mass is 328 g/mol. The van der Waals surface area contributed by atoms with E-state index < -0.39 is 0 Å². The summed E-state index contributed by atoms with van der Waals surface area (Å²) in [6, 6.07) is 6.66. The van der Waals surface area contributed by atoms with E-state index in [1.54, 1.807) is 4.90 Å². The van der Waals surface area contributed by atoms with Crippen LogP contribution in [0, 0.1) is 6.92 Å². The van der Waals surface area contributed by atoms with Crippen LogP contribution in [0.1, 0.15) is 44.0 Å². The predicted molar refractivity (Wildman–Crippen MR) is 96.8 cm³/mol. The zero-order valence-electron chi connectivity index (χ0n) is 15.0. The third-order valence-electron chi connectivity index (χ3n) is 5.04. The fourth-order valence-electron chi connectivity index (χ4n) is 3.45. The van der Waals surface area contributed by atoms with Crippen LogP contribution in [0.4, 0.5) is 0 Å². The number of amides is 1. The number of benzene rings is 1. The van der Waals surface area contributed by atoms with Crippen LogP contribution >= 0.6 is 0 Å². The number of aromatic nitrogens is 2. The van der Waals surface area contributed by atoms with E-state index in [9.17, 15) is 4.79 Å². The second-order valence-corrected chi connectivity index (χ2v) is 7.08. The molecule has 24 heavy (non-hydrogen) atoms. The Morgan fingerprint density at radius 2 is 2.12 bits per heavy atom. The summed E-state index contributed by atoms with van der Waals surface area (Å²) < 4.78 is 0. The summed E-state index contributed by atoms with van der Waals surface area (Å²) in [5.41, 5.74) is 3.20. The minimum absolute atomic E-state index is 0.192. The molecule has 1 aromatic carbocycles. The van der Waals surface area contributed by atoms with Gasteiger partial charge in [0.15, 0.2) is 0 Å². The first-order valence-corrected chi connectivity index (χ1v) is 8.96. The number of nitrogens with zero attached hydrogens (tertiary/aromatic N) is 3. The highest BCUT2D eigenvalue weighted by atomic mass is 16.2. The maximum Gasteiger partial charge on any atom is 0.222 e. The zero-order valence-corrected chi connectivity index (χ0v) is 15.0. The third kappa shape index (κ3) is 3.96. The molecule has 130 valence electrons. The van der Waals surface area contributed by atoms with E-state index in [4.69, 9.17) is 0 Å². The molecule has 1 aliphatic heterocycles. The highest BCUT2D eigenvalue weighted by Crippen LogP contribution is 2.17. The summed E-state index contributed by atoms with van der Waals surface area (Å²) in [5, 5.41) is 0. The quantitative estimate of drug-likeness (QED) is 0.886. The van der Waals surface area contributed by atoms with E-state index in [1.165, 1.54) is 31.5 Å². The van der Waals surface area contributed by atoms with Crippen molar-refractivity contribution < 1.29 is 4.79 Å². The van der Waals surface area contributed by atoms with Crippen LogP contribution in [0.3, 0.4) is 0 Å². The van der Waals surface area contributed by atoms with Crippen LogP contribution in [0.25, 0.3) is 11.0 Å². The number of imidazole rings is 1. The molecule has 2 heterocycles. The number of carbonyl (C=O) groups is 1. The summed E-state index contributed by atoms with van der Waals surface area (Å²) in [7, 11) is 1.86. The van der Waals surface area contributed by atoms with Gasteiger partial charge >= 0.3 is 0 Å². The average Bonchev–Trinajstić information content (AvgIpc) is 3.20. The number of carbonyl (C=O) groups excluding carboxylic acids is 1. The smallest absolute Gasteiger partial charge is 0.222 e. The van der Waals surface area contributed by atoms with Crippen molar-refractivity contribution in [2.75, 3.05) is 20.1 Å². The Labute approximate surface area is 144 Å². The second kappa shape index (κ2) is 7.34. The lowest BCUT2D eigenvalue weighted by Crippen LogP contribution is -2.32. The lowest BCUT2D eigenvalue weighted by Gasteiger charge is -2.24. The fraction of sp³-hybridized carbons (Fsp3) is 0.579. The number of H-pyrrole nitrogens is 1. The normalized spacial score (nSPS) is 16.6. The molecule has 1 aliphatic rings. The number of aromatic amines is 1. The molecule has 0 spiro atoms. The molecule has 1 saturated heterocycles. The summed E-state index contributed by atoms with van der Waals surface area (Å²) in [6.45, 7) is 7.20. The molecule has 1 fully saturated rings. The molecule has 1 atom stereocenters. The van der Waals surface area contributed by atoms with Gasteiger partial charge in [-0.1, -0.05) is 6.07 Å². The standard InChI is InChI=1S/C19H28N4O/c1-14-6-8-16-17(12-14)21-18(20-16)13-22(3)19(24)9-7-15(2)23-10-4-5-11-23/h6,8,12,15H,4-5,7,9-11,13H2,1-3H3,(H,20,21). The molecule has 5 heteroatoms. The zero-order chi connectivity index (χ0) is 17.1. The third-order valence-corrected chi connectivity index (χ3v) is 5.04. The molecule has 0 bridgehead atoms. The summed E-state index contributed by atoms with van der Waals surface area (Å²) in [6.07, 6.45) is 4.13. The van der Waals surface area contributed by atoms with Crippen LogP contribution in [0.15, 0.2) is 18.2 Å². The summed E-state index contributed by atoms with van der Waals surface area (Å²) >= 11 is 0. The highest BCUT2D eigenvalue weighted by molar-refractivity contribution is 5.77.